The second kappa shape index (κ2) is 5.62. The SMILES string of the molecule is CC(C)(CF)N(/C=N/C(=N)Cl)C1CCCC1. The lowest BCUT2D eigenvalue weighted by Gasteiger charge is -2.39. The quantitative estimate of drug-likeness (QED) is 0.463. The van der Waals surface area contributed by atoms with Crippen molar-refractivity contribution in [3.05, 3.63) is 0 Å². The molecule has 1 rings (SSSR count). The van der Waals surface area contributed by atoms with Crippen LogP contribution in [0.2, 0.25) is 0 Å². The molecular weight excluding hydrogens is 229 g/mol. The third kappa shape index (κ3) is 3.44. The Balaban J connectivity index is 2.79. The molecular formula is C11H19ClFN3. The van der Waals surface area contributed by atoms with E-state index < -0.39 is 12.2 Å². The van der Waals surface area contributed by atoms with Crippen LogP contribution in [0.25, 0.3) is 0 Å². The predicted octanol–water partition coefficient (Wildman–Crippen LogP) is 3.18. The van der Waals surface area contributed by atoms with Crippen LogP contribution in [0.3, 0.4) is 0 Å². The Morgan fingerprint density at radius 2 is 2.12 bits per heavy atom. The van der Waals surface area contributed by atoms with Crippen LogP contribution in [0.15, 0.2) is 4.99 Å². The fourth-order valence-corrected chi connectivity index (χ4v) is 2.15. The Morgan fingerprint density at radius 3 is 2.56 bits per heavy atom. The van der Waals surface area contributed by atoms with Crippen LogP contribution in [0, 0.1) is 5.41 Å². The van der Waals surface area contributed by atoms with Gasteiger partial charge in [0, 0.05) is 6.04 Å². The fraction of sp³-hybridized carbons (Fsp3) is 0.818. The van der Waals surface area contributed by atoms with Gasteiger partial charge >= 0.3 is 0 Å². The standard InChI is InChI=1S/C11H19ClFN3/c1-11(2,7-13)16(8-15-10(12)14)9-5-3-4-6-9/h8-9,14H,3-7H2,1-2H3/b14-10?,15-8+. The highest BCUT2D eigenvalue weighted by atomic mass is 35.5. The van der Waals surface area contributed by atoms with Gasteiger partial charge < -0.3 is 4.90 Å². The fourth-order valence-electron chi connectivity index (χ4n) is 2.11. The molecule has 0 spiro atoms. The van der Waals surface area contributed by atoms with Crippen molar-refractivity contribution in [2.45, 2.75) is 51.1 Å². The third-order valence-electron chi connectivity index (χ3n) is 3.04. The summed E-state index contributed by atoms with van der Waals surface area (Å²) in [6, 6.07) is 0.325. The number of hydrogen-bond acceptors (Lipinski definition) is 1. The van der Waals surface area contributed by atoms with E-state index in [9.17, 15) is 4.39 Å². The van der Waals surface area contributed by atoms with Crippen molar-refractivity contribution in [2.75, 3.05) is 6.67 Å². The summed E-state index contributed by atoms with van der Waals surface area (Å²) in [6.45, 7) is 3.25. The summed E-state index contributed by atoms with van der Waals surface area (Å²) in [5.74, 6) is 0. The minimum atomic E-state index is -0.579. The number of aliphatic imine (C=N–C) groups is 1. The first-order valence-electron chi connectivity index (χ1n) is 5.60. The molecule has 0 heterocycles. The van der Waals surface area contributed by atoms with E-state index in [1.807, 2.05) is 18.7 Å². The van der Waals surface area contributed by atoms with Crippen molar-refractivity contribution in [1.82, 2.24) is 4.90 Å². The number of halogens is 2. The zero-order valence-corrected chi connectivity index (χ0v) is 10.6. The summed E-state index contributed by atoms with van der Waals surface area (Å²) in [5, 5.41) is 6.80. The molecule has 1 fully saturated rings. The summed E-state index contributed by atoms with van der Waals surface area (Å²) < 4.78 is 13.0. The molecule has 92 valence electrons. The monoisotopic (exact) mass is 247 g/mol. The Labute approximate surface area is 101 Å². The van der Waals surface area contributed by atoms with Gasteiger partial charge in [-0.05, 0) is 38.3 Å². The molecule has 0 unspecified atom stereocenters. The lowest BCUT2D eigenvalue weighted by atomic mass is 10.0. The van der Waals surface area contributed by atoms with E-state index in [-0.39, 0.29) is 5.29 Å². The second-order valence-electron chi connectivity index (χ2n) is 4.83. The number of nitrogens with zero attached hydrogens (tertiary/aromatic N) is 2. The Bertz CT molecular complexity index is 272. The molecule has 0 bridgehead atoms. The van der Waals surface area contributed by atoms with Gasteiger partial charge in [0.15, 0.2) is 0 Å². The number of nitrogens with one attached hydrogen (secondary N) is 1. The summed E-state index contributed by atoms with van der Waals surface area (Å²) in [4.78, 5) is 5.68. The van der Waals surface area contributed by atoms with Gasteiger partial charge in [0.25, 0.3) is 0 Å². The highest BCUT2D eigenvalue weighted by Crippen LogP contribution is 2.28. The van der Waals surface area contributed by atoms with E-state index in [0.29, 0.717) is 6.04 Å². The molecule has 1 saturated carbocycles. The molecule has 0 aromatic heterocycles. The summed E-state index contributed by atoms with van der Waals surface area (Å²) >= 11 is 5.39. The van der Waals surface area contributed by atoms with Crippen LogP contribution in [0.4, 0.5) is 4.39 Å². The lowest BCUT2D eigenvalue weighted by Crippen LogP contribution is -2.49. The summed E-state index contributed by atoms with van der Waals surface area (Å²) in [5.41, 5.74) is -0.579. The molecule has 1 N–H and O–H groups in total. The van der Waals surface area contributed by atoms with Crippen LogP contribution in [0.5, 0.6) is 0 Å². The number of hydrogen-bond donors (Lipinski definition) is 1. The normalized spacial score (nSPS) is 18.2. The van der Waals surface area contributed by atoms with Gasteiger partial charge in [-0.1, -0.05) is 12.8 Å². The van der Waals surface area contributed by atoms with Crippen molar-refractivity contribution in [3.63, 3.8) is 0 Å². The minimum Gasteiger partial charge on any atom is -0.352 e. The highest BCUT2D eigenvalue weighted by molar-refractivity contribution is 6.64. The molecule has 0 aromatic carbocycles. The van der Waals surface area contributed by atoms with Crippen LogP contribution >= 0.6 is 11.6 Å². The number of amidine groups is 1. The maximum Gasteiger partial charge on any atom is 0.216 e. The van der Waals surface area contributed by atoms with Gasteiger partial charge in [-0.2, -0.15) is 0 Å². The highest BCUT2D eigenvalue weighted by Gasteiger charge is 2.32. The van der Waals surface area contributed by atoms with Crippen molar-refractivity contribution in [2.24, 2.45) is 4.99 Å². The second-order valence-corrected chi connectivity index (χ2v) is 5.19. The summed E-state index contributed by atoms with van der Waals surface area (Å²) in [7, 11) is 0. The molecule has 0 amide bonds. The number of rotatable bonds is 4. The molecule has 0 aliphatic heterocycles. The van der Waals surface area contributed by atoms with Gasteiger partial charge in [-0.3, -0.25) is 5.41 Å². The van der Waals surface area contributed by atoms with Crippen molar-refractivity contribution >= 4 is 23.2 Å². The smallest absolute Gasteiger partial charge is 0.216 e. The maximum atomic E-state index is 13.0. The minimum absolute atomic E-state index is 0.266. The van der Waals surface area contributed by atoms with E-state index in [2.05, 4.69) is 4.99 Å². The van der Waals surface area contributed by atoms with E-state index >= 15 is 0 Å². The van der Waals surface area contributed by atoms with E-state index in [1.54, 1.807) is 0 Å². The summed E-state index contributed by atoms with van der Waals surface area (Å²) in [6.07, 6.45) is 5.99. The molecule has 1 aliphatic rings. The third-order valence-corrected chi connectivity index (χ3v) is 3.14. The van der Waals surface area contributed by atoms with Crippen molar-refractivity contribution < 1.29 is 4.39 Å². The molecule has 16 heavy (non-hydrogen) atoms. The van der Waals surface area contributed by atoms with Crippen LogP contribution < -0.4 is 0 Å². The average Bonchev–Trinajstić information content (AvgIpc) is 2.70. The molecule has 0 saturated heterocycles. The van der Waals surface area contributed by atoms with Gasteiger partial charge in [0.05, 0.1) is 11.9 Å². The Morgan fingerprint density at radius 1 is 1.56 bits per heavy atom. The van der Waals surface area contributed by atoms with Crippen LogP contribution in [-0.2, 0) is 0 Å². The first kappa shape index (κ1) is 13.4. The van der Waals surface area contributed by atoms with Gasteiger partial charge in [0.2, 0.25) is 5.29 Å². The van der Waals surface area contributed by atoms with Crippen molar-refractivity contribution in [3.8, 4) is 0 Å². The predicted molar refractivity (Wildman–Crippen MR) is 66.2 cm³/mol. The zero-order valence-electron chi connectivity index (χ0n) is 9.84. The molecule has 0 aromatic rings. The van der Waals surface area contributed by atoms with Gasteiger partial charge in [-0.15, -0.1) is 0 Å². The largest absolute Gasteiger partial charge is 0.352 e. The maximum absolute atomic E-state index is 13.0. The molecule has 5 heteroatoms. The van der Waals surface area contributed by atoms with Crippen molar-refractivity contribution in [1.29, 1.82) is 5.41 Å². The molecule has 3 nitrogen and oxygen atoms in total. The van der Waals surface area contributed by atoms with E-state index in [0.717, 1.165) is 12.8 Å². The average molecular weight is 248 g/mol. The molecule has 0 radical (unpaired) electrons. The van der Waals surface area contributed by atoms with E-state index in [1.165, 1.54) is 19.2 Å². The lowest BCUT2D eigenvalue weighted by molar-refractivity contribution is 0.131. The number of alkyl halides is 1. The molecule has 1 aliphatic carbocycles. The Kier molecular flexibility index (Phi) is 4.71. The van der Waals surface area contributed by atoms with Gasteiger partial charge in [0.1, 0.15) is 6.67 Å². The topological polar surface area (TPSA) is 39.5 Å². The molecule has 0 atom stereocenters. The first-order valence-corrected chi connectivity index (χ1v) is 5.98. The van der Waals surface area contributed by atoms with Crippen LogP contribution in [-0.4, -0.2) is 34.8 Å². The Hall–Kier alpha value is -0.640. The van der Waals surface area contributed by atoms with E-state index in [4.69, 9.17) is 17.0 Å². The zero-order chi connectivity index (χ0) is 12.2. The van der Waals surface area contributed by atoms with Gasteiger partial charge in [-0.25, -0.2) is 9.38 Å². The first-order chi connectivity index (χ1) is 7.47. The van der Waals surface area contributed by atoms with Crippen LogP contribution in [0.1, 0.15) is 39.5 Å².